The quantitative estimate of drug-likeness (QED) is 0.810. The van der Waals surface area contributed by atoms with Crippen molar-refractivity contribution in [3.05, 3.63) is 12.1 Å². The van der Waals surface area contributed by atoms with Gasteiger partial charge in [0.25, 0.3) is 0 Å². The number of thioether (sulfide) groups is 1. The first-order chi connectivity index (χ1) is 10.6. The van der Waals surface area contributed by atoms with Crippen LogP contribution in [0.1, 0.15) is 19.3 Å². The lowest BCUT2D eigenvalue weighted by molar-refractivity contribution is -0.113. The Bertz CT molecular complexity index is 653. The Hall–Kier alpha value is -1.80. The van der Waals surface area contributed by atoms with Gasteiger partial charge >= 0.3 is 6.09 Å². The molecule has 116 valence electrons. The number of pyridine rings is 1. The number of carbonyl (C=O) groups is 2. The van der Waals surface area contributed by atoms with Crippen molar-refractivity contribution in [3.8, 4) is 0 Å². The van der Waals surface area contributed by atoms with Crippen LogP contribution in [0.4, 0.5) is 16.4 Å². The molecule has 0 unspecified atom stereocenters. The number of hydrogen-bond acceptors (Lipinski definition) is 6. The molecule has 3 N–H and O–H groups in total. The van der Waals surface area contributed by atoms with Gasteiger partial charge in [0.1, 0.15) is 17.7 Å². The van der Waals surface area contributed by atoms with Crippen LogP contribution in [0.2, 0.25) is 0 Å². The van der Waals surface area contributed by atoms with Crippen molar-refractivity contribution < 1.29 is 14.3 Å². The summed E-state index contributed by atoms with van der Waals surface area (Å²) in [5.41, 5.74) is 5.95. The van der Waals surface area contributed by atoms with E-state index in [1.54, 1.807) is 4.90 Å². The van der Waals surface area contributed by atoms with E-state index in [2.05, 4.69) is 10.3 Å². The number of nitrogens with two attached hydrogens (primary N) is 1. The van der Waals surface area contributed by atoms with Gasteiger partial charge in [0.15, 0.2) is 0 Å². The Balaban J connectivity index is 1.65. The van der Waals surface area contributed by atoms with E-state index >= 15 is 0 Å². The van der Waals surface area contributed by atoms with E-state index < -0.39 is 0 Å². The van der Waals surface area contributed by atoms with E-state index in [9.17, 15) is 9.59 Å². The number of ether oxygens (including phenoxy) is 1. The number of fused-ring (bicyclic) bond motifs is 2. The van der Waals surface area contributed by atoms with Gasteiger partial charge < -0.3 is 15.8 Å². The summed E-state index contributed by atoms with van der Waals surface area (Å²) in [4.78, 5) is 30.7. The zero-order chi connectivity index (χ0) is 15.3. The van der Waals surface area contributed by atoms with Crippen LogP contribution in [0, 0.1) is 0 Å². The van der Waals surface area contributed by atoms with E-state index in [1.807, 2.05) is 12.1 Å². The summed E-state index contributed by atoms with van der Waals surface area (Å²) in [7, 11) is 0. The Kier molecular flexibility index (Phi) is 3.23. The summed E-state index contributed by atoms with van der Waals surface area (Å²) in [6, 6.07) is 3.75. The third-order valence-electron chi connectivity index (χ3n) is 4.28. The predicted molar refractivity (Wildman–Crippen MR) is 82.0 cm³/mol. The van der Waals surface area contributed by atoms with E-state index in [4.69, 9.17) is 10.5 Å². The zero-order valence-electron chi connectivity index (χ0n) is 11.8. The van der Waals surface area contributed by atoms with E-state index in [-0.39, 0.29) is 30.2 Å². The second kappa shape index (κ2) is 5.13. The van der Waals surface area contributed by atoms with Crippen LogP contribution in [0.3, 0.4) is 0 Å². The number of nitrogens with one attached hydrogen (secondary N) is 1. The summed E-state index contributed by atoms with van der Waals surface area (Å²) < 4.78 is 5.44. The average molecular weight is 320 g/mol. The van der Waals surface area contributed by atoms with Crippen LogP contribution in [0.15, 0.2) is 17.0 Å². The zero-order valence-corrected chi connectivity index (χ0v) is 12.6. The van der Waals surface area contributed by atoms with E-state index in [0.717, 1.165) is 17.7 Å². The molecule has 0 bridgehead atoms. The lowest BCUT2D eigenvalue weighted by Crippen LogP contribution is -2.44. The molecule has 0 spiro atoms. The minimum Gasteiger partial charge on any atom is -0.444 e. The molecule has 1 aromatic heterocycles. The lowest BCUT2D eigenvalue weighted by atomic mass is 9.89. The summed E-state index contributed by atoms with van der Waals surface area (Å²) >= 11 is 1.45. The summed E-state index contributed by atoms with van der Waals surface area (Å²) in [6.07, 6.45) is 1.80. The van der Waals surface area contributed by atoms with Crippen LogP contribution >= 0.6 is 11.8 Å². The van der Waals surface area contributed by atoms with Gasteiger partial charge in [-0.1, -0.05) is 0 Å². The largest absolute Gasteiger partial charge is 0.444 e. The minimum absolute atomic E-state index is 0.0233. The van der Waals surface area contributed by atoms with Gasteiger partial charge in [-0.05, 0) is 25.0 Å². The highest BCUT2D eigenvalue weighted by Gasteiger charge is 2.46. The molecule has 1 saturated heterocycles. The number of rotatable bonds is 1. The first-order valence-corrected chi connectivity index (χ1v) is 8.29. The fraction of sp³-hybridized carbons (Fsp3) is 0.500. The van der Waals surface area contributed by atoms with Crippen molar-refractivity contribution in [2.24, 2.45) is 5.73 Å². The van der Waals surface area contributed by atoms with Gasteiger partial charge in [0.2, 0.25) is 5.91 Å². The van der Waals surface area contributed by atoms with E-state index in [0.29, 0.717) is 23.8 Å². The highest BCUT2D eigenvalue weighted by molar-refractivity contribution is 8.00. The normalized spacial score (nSPS) is 30.4. The van der Waals surface area contributed by atoms with Crippen molar-refractivity contribution in [3.63, 3.8) is 0 Å². The maximum Gasteiger partial charge on any atom is 0.416 e. The highest BCUT2D eigenvalue weighted by Crippen LogP contribution is 2.37. The van der Waals surface area contributed by atoms with Crippen LogP contribution in [-0.2, 0) is 9.53 Å². The average Bonchev–Trinajstić information content (AvgIpc) is 2.81. The highest BCUT2D eigenvalue weighted by atomic mass is 32.2. The molecule has 2 aliphatic heterocycles. The third-order valence-corrected chi connectivity index (χ3v) is 5.33. The number of hydrogen-bond donors (Lipinski definition) is 2. The number of aromatic nitrogens is 1. The number of carbonyl (C=O) groups excluding carboxylic acids is 2. The first kappa shape index (κ1) is 13.8. The SMILES string of the molecule is N[C@H]1CC[C@H]2[C@H](C1)OC(=O)N2c1ccc2c(n1)NC(=O)CS2. The molecule has 1 saturated carbocycles. The Morgan fingerprint density at radius 3 is 3.09 bits per heavy atom. The van der Waals surface area contributed by atoms with Gasteiger partial charge in [-0.3, -0.25) is 9.69 Å². The molecule has 3 heterocycles. The lowest BCUT2D eigenvalue weighted by Gasteiger charge is -2.30. The van der Waals surface area contributed by atoms with Crippen molar-refractivity contribution in [1.29, 1.82) is 0 Å². The molecule has 2 fully saturated rings. The molecule has 0 radical (unpaired) electrons. The van der Waals surface area contributed by atoms with Gasteiger partial charge in [-0.25, -0.2) is 9.78 Å². The Morgan fingerprint density at radius 2 is 2.23 bits per heavy atom. The molecule has 4 rings (SSSR count). The van der Waals surface area contributed by atoms with Gasteiger partial charge in [0.05, 0.1) is 16.7 Å². The first-order valence-electron chi connectivity index (χ1n) is 7.31. The van der Waals surface area contributed by atoms with Crippen LogP contribution in [0.5, 0.6) is 0 Å². The topological polar surface area (TPSA) is 97.6 Å². The molecular formula is C14H16N4O3S. The Labute approximate surface area is 131 Å². The second-order valence-electron chi connectivity index (χ2n) is 5.79. The van der Waals surface area contributed by atoms with Crippen molar-refractivity contribution >= 4 is 35.4 Å². The molecule has 1 aromatic rings. The smallest absolute Gasteiger partial charge is 0.416 e. The molecular weight excluding hydrogens is 304 g/mol. The fourth-order valence-electron chi connectivity index (χ4n) is 3.24. The maximum absolute atomic E-state index is 12.2. The Morgan fingerprint density at radius 1 is 1.36 bits per heavy atom. The monoisotopic (exact) mass is 320 g/mol. The van der Waals surface area contributed by atoms with Crippen molar-refractivity contribution in [2.45, 2.75) is 42.3 Å². The standard InChI is InChI=1S/C14H16N4O3S/c15-7-1-2-8-9(5-7)21-14(20)18(8)11-4-3-10-13(16-11)17-12(19)6-22-10/h3-4,7-9H,1-2,5-6,15H2,(H,16,17,19)/t7-,8-,9-/m0/s1. The molecule has 2 amide bonds. The van der Waals surface area contributed by atoms with Crippen LogP contribution in [-0.4, -0.2) is 40.9 Å². The predicted octanol–water partition coefficient (Wildman–Crippen LogP) is 1.33. The molecule has 0 aromatic carbocycles. The number of nitrogens with zero attached hydrogens (tertiary/aromatic N) is 2. The second-order valence-corrected chi connectivity index (χ2v) is 6.80. The molecule has 7 nitrogen and oxygen atoms in total. The number of anilines is 2. The van der Waals surface area contributed by atoms with Crippen molar-refractivity contribution in [2.75, 3.05) is 16.0 Å². The summed E-state index contributed by atoms with van der Waals surface area (Å²) in [5, 5.41) is 2.75. The van der Waals surface area contributed by atoms with Crippen LogP contribution < -0.4 is 16.0 Å². The number of amides is 2. The van der Waals surface area contributed by atoms with Gasteiger partial charge in [0, 0.05) is 12.5 Å². The molecule has 8 heteroatoms. The molecule has 1 aliphatic carbocycles. The summed E-state index contributed by atoms with van der Waals surface area (Å²) in [6.45, 7) is 0. The van der Waals surface area contributed by atoms with Gasteiger partial charge in [-0.15, -0.1) is 11.8 Å². The van der Waals surface area contributed by atoms with Crippen LogP contribution in [0.25, 0.3) is 0 Å². The van der Waals surface area contributed by atoms with E-state index in [1.165, 1.54) is 11.8 Å². The van der Waals surface area contributed by atoms with Crippen molar-refractivity contribution in [1.82, 2.24) is 4.98 Å². The third kappa shape index (κ3) is 2.22. The molecule has 3 aliphatic rings. The fourth-order valence-corrected chi connectivity index (χ4v) is 4.00. The maximum atomic E-state index is 12.2. The minimum atomic E-state index is -0.383. The molecule has 22 heavy (non-hydrogen) atoms. The van der Waals surface area contributed by atoms with Gasteiger partial charge in [-0.2, -0.15) is 0 Å². The molecule has 3 atom stereocenters. The summed E-state index contributed by atoms with van der Waals surface area (Å²) in [5.74, 6) is 1.35.